The van der Waals surface area contributed by atoms with E-state index >= 15 is 0 Å². The van der Waals surface area contributed by atoms with E-state index in [1.54, 1.807) is 4.31 Å². The van der Waals surface area contributed by atoms with E-state index in [0.717, 1.165) is 25.3 Å². The van der Waals surface area contributed by atoms with Gasteiger partial charge in [0.15, 0.2) is 0 Å². The molecule has 2 rings (SSSR count). The molecule has 1 aliphatic heterocycles. The van der Waals surface area contributed by atoms with Crippen molar-refractivity contribution in [3.63, 3.8) is 0 Å². The van der Waals surface area contributed by atoms with Crippen LogP contribution in [0.4, 0.5) is 0 Å². The normalized spacial score (nSPS) is 18.9. The van der Waals surface area contributed by atoms with Crippen molar-refractivity contribution in [2.75, 3.05) is 32.4 Å². The molecule has 118 valence electrons. The van der Waals surface area contributed by atoms with Crippen LogP contribution in [0.1, 0.15) is 32.0 Å². The Hall–Kier alpha value is -0.980. The number of aromatic nitrogens is 1. The second kappa shape index (κ2) is 6.02. The van der Waals surface area contributed by atoms with Crippen LogP contribution in [-0.2, 0) is 22.0 Å². The summed E-state index contributed by atoms with van der Waals surface area (Å²) in [4.78, 5) is 6.81. The number of nitrogens with zero attached hydrogens (tertiary/aromatic N) is 3. The van der Waals surface area contributed by atoms with Crippen molar-refractivity contribution in [3.8, 4) is 0 Å². The molecule has 1 aromatic rings. The minimum absolute atomic E-state index is 0.0691. The highest BCUT2D eigenvalue weighted by atomic mass is 32.2. The van der Waals surface area contributed by atoms with E-state index in [2.05, 4.69) is 42.8 Å². The number of piperazine rings is 1. The van der Waals surface area contributed by atoms with Crippen molar-refractivity contribution >= 4 is 10.0 Å². The lowest BCUT2D eigenvalue weighted by Gasteiger charge is -2.33. The Kier molecular flexibility index (Phi) is 4.70. The maximum absolute atomic E-state index is 11.5. The third kappa shape index (κ3) is 4.49. The number of sulfonamides is 1. The number of pyridine rings is 1. The molecule has 21 heavy (non-hydrogen) atoms. The van der Waals surface area contributed by atoms with Gasteiger partial charge in [-0.1, -0.05) is 26.8 Å². The average molecular weight is 311 g/mol. The van der Waals surface area contributed by atoms with Crippen LogP contribution in [0.25, 0.3) is 0 Å². The van der Waals surface area contributed by atoms with Gasteiger partial charge in [0.05, 0.1) is 6.26 Å². The Balaban J connectivity index is 1.92. The Labute approximate surface area is 128 Å². The molecule has 1 aromatic heterocycles. The molecule has 0 bridgehead atoms. The quantitative estimate of drug-likeness (QED) is 0.848. The Morgan fingerprint density at radius 1 is 1.14 bits per heavy atom. The molecule has 1 fully saturated rings. The lowest BCUT2D eigenvalue weighted by Crippen LogP contribution is -2.47. The smallest absolute Gasteiger partial charge is 0.211 e. The van der Waals surface area contributed by atoms with Gasteiger partial charge in [-0.25, -0.2) is 8.42 Å². The summed E-state index contributed by atoms with van der Waals surface area (Å²) in [6.45, 7) is 9.98. The summed E-state index contributed by atoms with van der Waals surface area (Å²) in [5.41, 5.74) is 2.34. The Morgan fingerprint density at radius 2 is 1.76 bits per heavy atom. The molecule has 6 heteroatoms. The zero-order valence-corrected chi connectivity index (χ0v) is 14.2. The second-order valence-corrected chi connectivity index (χ2v) is 8.72. The summed E-state index contributed by atoms with van der Waals surface area (Å²) < 4.78 is 24.5. The second-order valence-electron chi connectivity index (χ2n) is 6.74. The molecule has 0 saturated carbocycles. The van der Waals surface area contributed by atoms with Gasteiger partial charge in [-0.05, 0) is 11.6 Å². The van der Waals surface area contributed by atoms with Gasteiger partial charge in [-0.3, -0.25) is 9.88 Å². The van der Waals surface area contributed by atoms with E-state index in [9.17, 15) is 8.42 Å². The third-order valence-electron chi connectivity index (χ3n) is 3.80. The molecule has 0 aliphatic carbocycles. The summed E-state index contributed by atoms with van der Waals surface area (Å²) in [5.74, 6) is 0. The summed E-state index contributed by atoms with van der Waals surface area (Å²) in [6.07, 6.45) is 3.21. The van der Waals surface area contributed by atoms with E-state index in [1.807, 2.05) is 6.20 Å². The van der Waals surface area contributed by atoms with Crippen molar-refractivity contribution in [2.24, 2.45) is 0 Å². The summed E-state index contributed by atoms with van der Waals surface area (Å²) in [6, 6.07) is 4.21. The summed E-state index contributed by atoms with van der Waals surface area (Å²) in [7, 11) is -3.05. The van der Waals surface area contributed by atoms with Gasteiger partial charge in [-0.15, -0.1) is 0 Å². The van der Waals surface area contributed by atoms with Gasteiger partial charge in [0, 0.05) is 50.0 Å². The fraction of sp³-hybridized carbons (Fsp3) is 0.667. The van der Waals surface area contributed by atoms with E-state index in [-0.39, 0.29) is 5.41 Å². The first-order valence-electron chi connectivity index (χ1n) is 7.29. The molecule has 1 saturated heterocycles. The van der Waals surface area contributed by atoms with Crippen LogP contribution in [0, 0.1) is 0 Å². The largest absolute Gasteiger partial charge is 0.296 e. The number of rotatable bonds is 3. The Bertz CT molecular complexity index is 568. The van der Waals surface area contributed by atoms with Crippen LogP contribution in [0.2, 0.25) is 0 Å². The fourth-order valence-corrected chi connectivity index (χ4v) is 3.27. The standard InChI is InChI=1S/C15H25N3O2S/c1-15(2,3)14-6-5-13(11-16-14)12-17-7-9-18(10-8-17)21(4,19)20/h5-6,11H,7-10,12H2,1-4H3. The first-order chi connectivity index (χ1) is 9.66. The van der Waals surface area contributed by atoms with E-state index in [4.69, 9.17) is 0 Å². The summed E-state index contributed by atoms with van der Waals surface area (Å²) in [5, 5.41) is 0. The van der Waals surface area contributed by atoms with Crippen LogP contribution in [-0.4, -0.2) is 55.0 Å². The molecular formula is C15H25N3O2S. The van der Waals surface area contributed by atoms with Crippen LogP contribution < -0.4 is 0 Å². The number of hydrogen-bond donors (Lipinski definition) is 0. The highest BCUT2D eigenvalue weighted by Crippen LogP contribution is 2.20. The SMILES string of the molecule is CC(C)(C)c1ccc(CN2CCN(S(C)(=O)=O)CC2)cn1. The number of hydrogen-bond acceptors (Lipinski definition) is 4. The molecule has 2 heterocycles. The predicted octanol–water partition coefficient (Wildman–Crippen LogP) is 1.46. The molecule has 0 N–H and O–H groups in total. The van der Waals surface area contributed by atoms with Gasteiger partial charge in [0.1, 0.15) is 0 Å². The van der Waals surface area contributed by atoms with Crippen molar-refractivity contribution < 1.29 is 8.42 Å². The zero-order valence-electron chi connectivity index (χ0n) is 13.3. The molecule has 0 unspecified atom stereocenters. The third-order valence-corrected chi connectivity index (χ3v) is 5.10. The average Bonchev–Trinajstić information content (AvgIpc) is 2.38. The molecule has 0 radical (unpaired) electrons. The zero-order chi connectivity index (χ0) is 15.7. The van der Waals surface area contributed by atoms with E-state index < -0.39 is 10.0 Å². The van der Waals surface area contributed by atoms with Gasteiger partial charge < -0.3 is 0 Å². The molecule has 1 aliphatic rings. The molecule has 0 amide bonds. The first kappa shape index (κ1) is 16.4. The van der Waals surface area contributed by atoms with E-state index in [1.165, 1.54) is 11.8 Å². The highest BCUT2D eigenvalue weighted by Gasteiger charge is 2.23. The van der Waals surface area contributed by atoms with Crippen LogP contribution >= 0.6 is 0 Å². The highest BCUT2D eigenvalue weighted by molar-refractivity contribution is 7.88. The van der Waals surface area contributed by atoms with Gasteiger partial charge in [-0.2, -0.15) is 4.31 Å². The molecule has 0 spiro atoms. The van der Waals surface area contributed by atoms with Gasteiger partial charge >= 0.3 is 0 Å². The molecule has 0 aromatic carbocycles. The minimum Gasteiger partial charge on any atom is -0.296 e. The van der Waals surface area contributed by atoms with Crippen LogP contribution in [0.3, 0.4) is 0 Å². The first-order valence-corrected chi connectivity index (χ1v) is 9.14. The van der Waals surface area contributed by atoms with Crippen molar-refractivity contribution in [2.45, 2.75) is 32.7 Å². The lowest BCUT2D eigenvalue weighted by molar-refractivity contribution is 0.182. The summed E-state index contributed by atoms with van der Waals surface area (Å²) >= 11 is 0. The maximum atomic E-state index is 11.5. The van der Waals surface area contributed by atoms with Crippen LogP contribution in [0.15, 0.2) is 18.3 Å². The topological polar surface area (TPSA) is 53.5 Å². The van der Waals surface area contributed by atoms with Gasteiger partial charge in [0.2, 0.25) is 10.0 Å². The predicted molar refractivity (Wildman–Crippen MR) is 84.6 cm³/mol. The molecule has 0 atom stereocenters. The van der Waals surface area contributed by atoms with Crippen molar-refractivity contribution in [1.82, 2.24) is 14.2 Å². The van der Waals surface area contributed by atoms with E-state index in [0.29, 0.717) is 13.1 Å². The molecular weight excluding hydrogens is 286 g/mol. The van der Waals surface area contributed by atoms with Gasteiger partial charge in [0.25, 0.3) is 0 Å². The maximum Gasteiger partial charge on any atom is 0.211 e. The van der Waals surface area contributed by atoms with Crippen molar-refractivity contribution in [1.29, 1.82) is 0 Å². The lowest BCUT2D eigenvalue weighted by atomic mass is 9.91. The molecule has 5 nitrogen and oxygen atoms in total. The Morgan fingerprint density at radius 3 is 2.19 bits per heavy atom. The van der Waals surface area contributed by atoms with Crippen molar-refractivity contribution in [3.05, 3.63) is 29.6 Å². The fourth-order valence-electron chi connectivity index (χ4n) is 2.44. The van der Waals surface area contributed by atoms with Crippen LogP contribution in [0.5, 0.6) is 0 Å². The monoisotopic (exact) mass is 311 g/mol. The minimum atomic E-state index is -3.05.